The predicted octanol–water partition coefficient (Wildman–Crippen LogP) is 4.98. The number of ether oxygens (including phenoxy) is 2. The van der Waals surface area contributed by atoms with E-state index in [9.17, 15) is 9.59 Å². The molecule has 0 heterocycles. The normalized spacial score (nSPS) is 14.9. The predicted molar refractivity (Wildman–Crippen MR) is 130 cm³/mol. The summed E-state index contributed by atoms with van der Waals surface area (Å²) < 4.78 is 11.0. The summed E-state index contributed by atoms with van der Waals surface area (Å²) in [5, 5.41) is 3.61. The van der Waals surface area contributed by atoms with Gasteiger partial charge in [-0.2, -0.15) is 0 Å². The van der Waals surface area contributed by atoms with Crippen molar-refractivity contribution >= 4 is 23.4 Å². The molecule has 0 spiro atoms. The van der Waals surface area contributed by atoms with Crippen LogP contribution in [0.2, 0.25) is 5.02 Å². The summed E-state index contributed by atoms with van der Waals surface area (Å²) in [6.45, 7) is 1.99. The van der Waals surface area contributed by atoms with Gasteiger partial charge >= 0.3 is 0 Å². The van der Waals surface area contributed by atoms with Crippen LogP contribution >= 0.6 is 11.6 Å². The van der Waals surface area contributed by atoms with Crippen molar-refractivity contribution in [1.29, 1.82) is 0 Å². The fourth-order valence-corrected chi connectivity index (χ4v) is 4.41. The lowest BCUT2D eigenvalue weighted by atomic mass is 9.95. The molecule has 0 aliphatic heterocycles. The Hall–Kier alpha value is -2.73. The molecule has 2 aromatic carbocycles. The highest BCUT2D eigenvalue weighted by Crippen LogP contribution is 2.24. The third kappa shape index (κ3) is 7.13. The number of nitrogens with zero attached hydrogens (tertiary/aromatic N) is 1. The largest absolute Gasteiger partial charge is 0.497 e. The first-order valence-electron chi connectivity index (χ1n) is 11.6. The maximum atomic E-state index is 13.3. The standard InChI is InChI=1S/C26H33ClN2O4/c1-3-23(26(31)28-20-11-5-4-6-12-20)29(17-19-10-9-13-21(16-19)32-2)25(30)18-33-24-15-8-7-14-22(24)27/h7-10,13-16,20,23H,3-6,11-12,17-18H2,1-2H3,(H,28,31)/t23-/m1/s1. The Morgan fingerprint density at radius 2 is 1.88 bits per heavy atom. The maximum Gasteiger partial charge on any atom is 0.261 e. The summed E-state index contributed by atoms with van der Waals surface area (Å²) in [6.07, 6.45) is 5.94. The van der Waals surface area contributed by atoms with Gasteiger partial charge in [-0.25, -0.2) is 0 Å². The van der Waals surface area contributed by atoms with E-state index in [2.05, 4.69) is 5.32 Å². The molecule has 6 nitrogen and oxygen atoms in total. The molecule has 178 valence electrons. The molecule has 1 N–H and O–H groups in total. The molecule has 0 saturated heterocycles. The van der Waals surface area contributed by atoms with E-state index < -0.39 is 6.04 Å². The number of rotatable bonds is 10. The average molecular weight is 473 g/mol. The van der Waals surface area contributed by atoms with Crippen LogP contribution in [-0.4, -0.2) is 42.5 Å². The Bertz CT molecular complexity index is 930. The van der Waals surface area contributed by atoms with Crippen LogP contribution in [0, 0.1) is 0 Å². The van der Waals surface area contributed by atoms with Crippen molar-refractivity contribution in [2.45, 2.75) is 64.1 Å². The number of methoxy groups -OCH3 is 1. The van der Waals surface area contributed by atoms with E-state index in [1.54, 1.807) is 36.3 Å². The van der Waals surface area contributed by atoms with Crippen LogP contribution in [-0.2, 0) is 16.1 Å². The summed E-state index contributed by atoms with van der Waals surface area (Å²) in [5.74, 6) is 0.752. The summed E-state index contributed by atoms with van der Waals surface area (Å²) >= 11 is 6.17. The quantitative estimate of drug-likeness (QED) is 0.529. The summed E-state index contributed by atoms with van der Waals surface area (Å²) in [5.41, 5.74) is 0.879. The molecule has 1 saturated carbocycles. The van der Waals surface area contributed by atoms with E-state index in [1.807, 2.05) is 31.2 Å². The molecule has 2 aromatic rings. The molecule has 0 bridgehead atoms. The molecule has 0 aromatic heterocycles. The second-order valence-corrected chi connectivity index (χ2v) is 8.77. The van der Waals surface area contributed by atoms with E-state index in [1.165, 1.54) is 6.42 Å². The zero-order valence-electron chi connectivity index (χ0n) is 19.4. The molecule has 7 heteroatoms. The van der Waals surface area contributed by atoms with Gasteiger partial charge in [-0.15, -0.1) is 0 Å². The number of hydrogen-bond donors (Lipinski definition) is 1. The second kappa shape index (κ2) is 12.5. The Labute approximate surface area is 201 Å². The zero-order chi connectivity index (χ0) is 23.6. The first kappa shape index (κ1) is 24.9. The first-order chi connectivity index (χ1) is 16.0. The lowest BCUT2D eigenvalue weighted by molar-refractivity contribution is -0.143. The fourth-order valence-electron chi connectivity index (χ4n) is 4.22. The molecular weight excluding hydrogens is 440 g/mol. The van der Waals surface area contributed by atoms with Crippen LogP contribution in [0.25, 0.3) is 0 Å². The number of amides is 2. The monoisotopic (exact) mass is 472 g/mol. The lowest BCUT2D eigenvalue weighted by Gasteiger charge is -2.32. The highest BCUT2D eigenvalue weighted by atomic mass is 35.5. The van der Waals surface area contributed by atoms with Gasteiger partial charge in [-0.1, -0.05) is 62.1 Å². The summed E-state index contributed by atoms with van der Waals surface area (Å²) in [6, 6.07) is 14.1. The van der Waals surface area contributed by atoms with Gasteiger partial charge in [0.25, 0.3) is 5.91 Å². The maximum absolute atomic E-state index is 13.3. The Balaban J connectivity index is 1.78. The highest BCUT2D eigenvalue weighted by molar-refractivity contribution is 6.32. The number of halogens is 1. The van der Waals surface area contributed by atoms with Crippen molar-refractivity contribution in [3.63, 3.8) is 0 Å². The van der Waals surface area contributed by atoms with Crippen LogP contribution in [0.4, 0.5) is 0 Å². The minimum Gasteiger partial charge on any atom is -0.497 e. The van der Waals surface area contributed by atoms with E-state index in [0.29, 0.717) is 22.9 Å². The Morgan fingerprint density at radius 1 is 1.12 bits per heavy atom. The summed E-state index contributed by atoms with van der Waals surface area (Å²) in [7, 11) is 1.60. The minimum absolute atomic E-state index is 0.113. The SMILES string of the molecule is CC[C@H](C(=O)NC1CCCCC1)N(Cc1cccc(OC)c1)C(=O)COc1ccccc1Cl. The molecule has 2 amide bonds. The topological polar surface area (TPSA) is 67.9 Å². The highest BCUT2D eigenvalue weighted by Gasteiger charge is 2.30. The first-order valence-corrected chi connectivity index (χ1v) is 12.0. The van der Waals surface area contributed by atoms with E-state index in [0.717, 1.165) is 31.2 Å². The van der Waals surface area contributed by atoms with Gasteiger partial charge < -0.3 is 19.7 Å². The van der Waals surface area contributed by atoms with Gasteiger partial charge in [0.1, 0.15) is 17.5 Å². The van der Waals surface area contributed by atoms with Crippen LogP contribution in [0.15, 0.2) is 48.5 Å². The molecule has 0 unspecified atom stereocenters. The van der Waals surface area contributed by atoms with Crippen molar-refractivity contribution in [2.75, 3.05) is 13.7 Å². The fraction of sp³-hybridized carbons (Fsp3) is 0.462. The Morgan fingerprint density at radius 3 is 2.58 bits per heavy atom. The Kier molecular flexibility index (Phi) is 9.43. The van der Waals surface area contributed by atoms with Gasteiger partial charge in [0.05, 0.1) is 12.1 Å². The molecule has 0 radical (unpaired) electrons. The van der Waals surface area contributed by atoms with Gasteiger partial charge in [-0.05, 0) is 49.1 Å². The molecule has 1 atom stereocenters. The van der Waals surface area contributed by atoms with E-state index in [-0.39, 0.29) is 31.0 Å². The third-order valence-electron chi connectivity index (χ3n) is 6.01. The van der Waals surface area contributed by atoms with Gasteiger partial charge in [0.2, 0.25) is 5.91 Å². The van der Waals surface area contributed by atoms with Gasteiger partial charge in [0, 0.05) is 12.6 Å². The van der Waals surface area contributed by atoms with Crippen LogP contribution in [0.3, 0.4) is 0 Å². The number of hydrogen-bond acceptors (Lipinski definition) is 4. The molecule has 1 aliphatic carbocycles. The zero-order valence-corrected chi connectivity index (χ0v) is 20.1. The number of benzene rings is 2. The van der Waals surface area contributed by atoms with Crippen LogP contribution < -0.4 is 14.8 Å². The van der Waals surface area contributed by atoms with Gasteiger partial charge in [0.15, 0.2) is 6.61 Å². The molecule has 1 fully saturated rings. The molecule has 3 rings (SSSR count). The molecule has 1 aliphatic rings. The third-order valence-corrected chi connectivity index (χ3v) is 6.32. The van der Waals surface area contributed by atoms with Crippen molar-refractivity contribution in [1.82, 2.24) is 10.2 Å². The van der Waals surface area contributed by atoms with Crippen LogP contribution in [0.1, 0.15) is 51.0 Å². The number of para-hydroxylation sites is 1. The average Bonchev–Trinajstić information content (AvgIpc) is 2.84. The van der Waals surface area contributed by atoms with Gasteiger partial charge in [-0.3, -0.25) is 9.59 Å². The van der Waals surface area contributed by atoms with Crippen LogP contribution in [0.5, 0.6) is 11.5 Å². The van der Waals surface area contributed by atoms with Crippen molar-refractivity contribution in [3.05, 3.63) is 59.1 Å². The smallest absolute Gasteiger partial charge is 0.261 e. The van der Waals surface area contributed by atoms with Crippen molar-refractivity contribution < 1.29 is 19.1 Å². The number of carbonyl (C=O) groups excluding carboxylic acids is 2. The van der Waals surface area contributed by atoms with Crippen molar-refractivity contribution in [2.24, 2.45) is 0 Å². The molecular formula is C26H33ClN2O4. The molecule has 33 heavy (non-hydrogen) atoms. The van der Waals surface area contributed by atoms with E-state index in [4.69, 9.17) is 21.1 Å². The van der Waals surface area contributed by atoms with E-state index >= 15 is 0 Å². The minimum atomic E-state index is -0.597. The summed E-state index contributed by atoms with van der Waals surface area (Å²) in [4.78, 5) is 28.2. The number of carbonyl (C=O) groups is 2. The van der Waals surface area contributed by atoms with Crippen molar-refractivity contribution in [3.8, 4) is 11.5 Å². The second-order valence-electron chi connectivity index (χ2n) is 8.36. The lowest BCUT2D eigenvalue weighted by Crippen LogP contribution is -2.52. The number of nitrogens with one attached hydrogen (secondary N) is 1.